The number of H-pyrrole nitrogens is 1. The number of nitrogens with zero attached hydrogens (tertiary/aromatic N) is 7. The molecule has 14 nitrogen and oxygen atoms in total. The minimum atomic E-state index is -2.21. The Kier molecular flexibility index (Phi) is 9.96. The number of hydrogen-bond donors (Lipinski definition) is 1. The number of amides is 1. The molecule has 3 fully saturated rings. The minimum Gasteiger partial charge on any atom is -0.381 e. The lowest BCUT2D eigenvalue weighted by Gasteiger charge is -2.34. The van der Waals surface area contributed by atoms with Crippen LogP contribution >= 0.6 is 7.14 Å². The normalized spacial score (nSPS) is 21.9. The third-order valence-electron chi connectivity index (χ3n) is 14.7. The molecule has 3 aromatic carbocycles. The molecule has 0 unspecified atom stereocenters. The van der Waals surface area contributed by atoms with Crippen molar-refractivity contribution in [1.82, 2.24) is 38.5 Å². The van der Waals surface area contributed by atoms with E-state index < -0.39 is 24.5 Å². The van der Waals surface area contributed by atoms with Gasteiger partial charge in [0.2, 0.25) is 0 Å². The Hall–Kier alpha value is -6.05. The van der Waals surface area contributed by atoms with Gasteiger partial charge < -0.3 is 18.8 Å². The molecule has 65 heavy (non-hydrogen) atoms. The summed E-state index contributed by atoms with van der Waals surface area (Å²) in [5, 5.41) is 10.2. The lowest BCUT2D eigenvalue weighted by Crippen LogP contribution is -2.41. The van der Waals surface area contributed by atoms with Crippen LogP contribution in [0.5, 0.6) is 0 Å². The number of ether oxygens (including phenoxy) is 1. The number of aromatic nitrogens is 7. The lowest BCUT2D eigenvalue weighted by molar-refractivity contribution is 0.0663. The van der Waals surface area contributed by atoms with Crippen LogP contribution < -0.4 is 11.4 Å². The minimum absolute atomic E-state index is 0.0302. The van der Waals surface area contributed by atoms with E-state index in [1.807, 2.05) is 42.2 Å². The Morgan fingerprint density at radius 3 is 2.32 bits per heavy atom. The molecule has 0 bridgehead atoms. The van der Waals surface area contributed by atoms with Crippen LogP contribution in [-0.2, 0) is 27.4 Å². The van der Waals surface area contributed by atoms with E-state index in [4.69, 9.17) is 14.4 Å². The van der Waals surface area contributed by atoms with Gasteiger partial charge in [-0.1, -0.05) is 30.3 Å². The highest BCUT2D eigenvalue weighted by atomic mass is 31.2. The summed E-state index contributed by atoms with van der Waals surface area (Å²) < 4.78 is 46.1. The summed E-state index contributed by atoms with van der Waals surface area (Å²) in [7, 11) is -2.21. The Labute approximate surface area is 374 Å². The summed E-state index contributed by atoms with van der Waals surface area (Å²) in [5.41, 5.74) is 5.91. The molecule has 4 aliphatic rings. The van der Waals surface area contributed by atoms with Crippen LogP contribution in [0.3, 0.4) is 0 Å². The first-order chi connectivity index (χ1) is 31.3. The highest BCUT2D eigenvalue weighted by Crippen LogP contribution is 2.56. The van der Waals surface area contributed by atoms with Crippen LogP contribution in [0.1, 0.15) is 108 Å². The molecule has 0 radical (unpaired) electrons. The van der Waals surface area contributed by atoms with E-state index in [9.17, 15) is 14.2 Å². The molecular weight excluding hydrogens is 847 g/mol. The fourth-order valence-electron chi connectivity index (χ4n) is 11.1. The standard InChI is InChI=1S/C49H52FN8O6P/c1-29-23-38(24-30(2)43(29)50)58-44(56-18-17-55(48(56)61)37-10-7-33(8-11-37)28-65(62)21-5-6-22-65)42-32(4)54(16-13-39(42)52-58)45(59)41-26-36-25-35(34-14-19-63-20-15-34)9-12-40(36)57(41)49(27-31(49)3)46-51-47(60)64-53-46/h7-12,17-18,23-26,31-32,34H,5-6,13-16,19-22,27-28H2,1-4H3,(H,51,53,60)/t31-,32-,49-/m0/s1. The molecule has 16 heteroatoms. The maximum Gasteiger partial charge on any atom is 0.438 e. The molecule has 3 aliphatic heterocycles. The zero-order valence-corrected chi connectivity index (χ0v) is 37.9. The fourth-order valence-corrected chi connectivity index (χ4v) is 14.1. The van der Waals surface area contributed by atoms with Crippen LogP contribution in [0.15, 0.2) is 87.2 Å². The Morgan fingerprint density at radius 1 is 0.938 bits per heavy atom. The molecule has 2 saturated heterocycles. The van der Waals surface area contributed by atoms with Gasteiger partial charge in [-0.3, -0.25) is 23.4 Å². The van der Waals surface area contributed by atoms with E-state index in [0.29, 0.717) is 90.1 Å². The van der Waals surface area contributed by atoms with Crippen LogP contribution in [0.2, 0.25) is 0 Å². The fraction of sp³-hybridized carbons (Fsp3) is 0.408. The van der Waals surface area contributed by atoms with E-state index in [1.165, 1.54) is 5.56 Å². The smallest absolute Gasteiger partial charge is 0.381 e. The number of halogens is 1. The molecule has 4 aromatic heterocycles. The molecule has 7 heterocycles. The average Bonchev–Trinajstić information content (AvgIpc) is 3.96. The summed E-state index contributed by atoms with van der Waals surface area (Å²) in [6.07, 6.45) is 10.5. The van der Waals surface area contributed by atoms with Crippen molar-refractivity contribution >= 4 is 24.0 Å². The van der Waals surface area contributed by atoms with Crippen molar-refractivity contribution in [2.45, 2.75) is 89.9 Å². The van der Waals surface area contributed by atoms with Crippen molar-refractivity contribution in [2.75, 3.05) is 32.1 Å². The summed E-state index contributed by atoms with van der Waals surface area (Å²) >= 11 is 0. The Bertz CT molecular complexity index is 3170. The van der Waals surface area contributed by atoms with E-state index in [2.05, 4.69) is 39.8 Å². The number of aryl methyl sites for hydroxylation is 2. The number of carbonyl (C=O) groups excluding carboxylic acids is 1. The lowest BCUT2D eigenvalue weighted by atomic mass is 9.91. The van der Waals surface area contributed by atoms with Crippen LogP contribution in [0.25, 0.3) is 28.1 Å². The number of aromatic amines is 1. The van der Waals surface area contributed by atoms with Crippen molar-refractivity contribution in [2.24, 2.45) is 5.92 Å². The maximum absolute atomic E-state index is 15.5. The number of carbonyl (C=O) groups is 1. The number of fused-ring (bicyclic) bond motifs is 2. The second-order valence-corrected chi connectivity index (χ2v) is 22.1. The van der Waals surface area contributed by atoms with Crippen molar-refractivity contribution in [1.29, 1.82) is 0 Å². The number of nitrogens with one attached hydrogen (secondary N) is 1. The second-order valence-electron chi connectivity index (χ2n) is 18.8. The van der Waals surface area contributed by atoms with Gasteiger partial charge in [-0.15, -0.1) is 0 Å². The van der Waals surface area contributed by atoms with Crippen molar-refractivity contribution in [3.8, 4) is 17.2 Å². The van der Waals surface area contributed by atoms with Gasteiger partial charge in [0.05, 0.1) is 30.3 Å². The van der Waals surface area contributed by atoms with Crippen LogP contribution in [-0.4, -0.2) is 76.5 Å². The molecule has 336 valence electrons. The van der Waals surface area contributed by atoms with Crippen LogP contribution in [0, 0.1) is 25.6 Å². The molecule has 3 atom stereocenters. The summed E-state index contributed by atoms with van der Waals surface area (Å²) in [6.45, 7) is 9.22. The summed E-state index contributed by atoms with van der Waals surface area (Å²) in [4.78, 5) is 47.3. The summed E-state index contributed by atoms with van der Waals surface area (Å²) in [5.74, 6) is 0.0274. The molecule has 1 N–H and O–H groups in total. The first kappa shape index (κ1) is 41.6. The first-order valence-electron chi connectivity index (χ1n) is 22.8. The Morgan fingerprint density at radius 2 is 1.65 bits per heavy atom. The summed E-state index contributed by atoms with van der Waals surface area (Å²) in [6, 6.07) is 18.9. The zero-order chi connectivity index (χ0) is 44.9. The van der Waals surface area contributed by atoms with Gasteiger partial charge in [0, 0.05) is 73.5 Å². The molecule has 11 rings (SSSR count). The van der Waals surface area contributed by atoms with Crippen molar-refractivity contribution in [3.63, 3.8) is 0 Å². The second kappa shape index (κ2) is 15.5. The number of rotatable bonds is 9. The molecule has 0 spiro atoms. The number of imidazole rings is 1. The number of hydrogen-bond acceptors (Lipinski definition) is 8. The van der Waals surface area contributed by atoms with Gasteiger partial charge in [-0.05, 0) is 129 Å². The molecule has 7 aromatic rings. The van der Waals surface area contributed by atoms with Crippen LogP contribution in [0.4, 0.5) is 4.39 Å². The van der Waals surface area contributed by atoms with Crippen molar-refractivity contribution in [3.05, 3.63) is 145 Å². The molecular formula is C49H52FN8O6P. The average molecular weight is 899 g/mol. The maximum atomic E-state index is 15.5. The molecule has 1 aliphatic carbocycles. The zero-order valence-electron chi connectivity index (χ0n) is 37.1. The van der Waals surface area contributed by atoms with Crippen molar-refractivity contribution < 1.29 is 23.0 Å². The third-order valence-corrected chi connectivity index (χ3v) is 17.9. The molecule has 1 amide bonds. The molecule has 1 saturated carbocycles. The quantitative estimate of drug-likeness (QED) is 0.142. The predicted molar refractivity (Wildman–Crippen MR) is 244 cm³/mol. The highest BCUT2D eigenvalue weighted by Gasteiger charge is 2.59. The van der Waals surface area contributed by atoms with Gasteiger partial charge in [0.15, 0.2) is 5.82 Å². The monoisotopic (exact) mass is 898 g/mol. The van der Waals surface area contributed by atoms with E-state index in [-0.39, 0.29) is 23.3 Å². The van der Waals surface area contributed by atoms with E-state index in [0.717, 1.165) is 60.2 Å². The number of benzene rings is 3. The largest absolute Gasteiger partial charge is 0.438 e. The highest BCUT2D eigenvalue weighted by molar-refractivity contribution is 7.63. The van der Waals surface area contributed by atoms with Gasteiger partial charge in [-0.2, -0.15) is 5.10 Å². The third kappa shape index (κ3) is 6.83. The van der Waals surface area contributed by atoms with E-state index in [1.54, 1.807) is 52.2 Å². The van der Waals surface area contributed by atoms with Gasteiger partial charge >= 0.3 is 11.4 Å². The van der Waals surface area contributed by atoms with Gasteiger partial charge in [0.1, 0.15) is 22.9 Å². The van der Waals surface area contributed by atoms with Gasteiger partial charge in [0.25, 0.3) is 5.91 Å². The topological polar surface area (TPSA) is 155 Å². The van der Waals surface area contributed by atoms with E-state index >= 15 is 9.18 Å². The Balaban J connectivity index is 1.02. The van der Waals surface area contributed by atoms with Gasteiger partial charge in [-0.25, -0.2) is 18.7 Å². The predicted octanol–water partition coefficient (Wildman–Crippen LogP) is 8.29. The first-order valence-corrected chi connectivity index (χ1v) is 25.1. The SMILES string of the molecule is Cc1cc(-n2nc3c(c2-n2ccn(-c4ccc(CP5(=O)CCCC5)cc4)c2=O)[C@H](C)N(C(=O)c2cc4cc(C5CCOCC5)ccc4n2[C@@]2(c4noc(=O)[nH]4)C[C@@H]2C)CC3)cc(C)c1F.